The second kappa shape index (κ2) is 10.4. The molecule has 1 fully saturated rings. The van der Waals surface area contributed by atoms with Gasteiger partial charge in [0.2, 0.25) is 5.91 Å². The second-order valence-corrected chi connectivity index (χ2v) is 12.4. The van der Waals surface area contributed by atoms with E-state index in [9.17, 15) is 29.1 Å². The Balaban J connectivity index is 2.08. The molecule has 5 atom stereocenters. The van der Waals surface area contributed by atoms with Crippen molar-refractivity contribution in [2.75, 3.05) is 0 Å². The molecule has 1 aliphatic heterocycles. The third-order valence-corrected chi connectivity index (χ3v) is 8.68. The zero-order valence-corrected chi connectivity index (χ0v) is 24.6. The molecule has 212 valence electrons. The van der Waals surface area contributed by atoms with Crippen molar-refractivity contribution in [1.29, 1.82) is 0 Å². The number of aryl methyl sites for hydroxylation is 1. The van der Waals surface area contributed by atoms with Crippen LogP contribution in [0.3, 0.4) is 0 Å². The van der Waals surface area contributed by atoms with Gasteiger partial charge in [0, 0.05) is 35.3 Å². The summed E-state index contributed by atoms with van der Waals surface area (Å²) in [6.45, 7) is 14.4. The van der Waals surface area contributed by atoms with Crippen molar-refractivity contribution in [3.05, 3.63) is 63.3 Å². The number of phenols is 1. The third kappa shape index (κ3) is 4.69. The highest BCUT2D eigenvalue weighted by molar-refractivity contribution is 6.26. The minimum Gasteiger partial charge on any atom is -0.507 e. The fourth-order valence-corrected chi connectivity index (χ4v) is 7.08. The maximum absolute atomic E-state index is 14.5. The number of rotatable bonds is 2. The van der Waals surface area contributed by atoms with Gasteiger partial charge in [-0.05, 0) is 68.7 Å². The summed E-state index contributed by atoms with van der Waals surface area (Å²) >= 11 is 0. The molecule has 1 aromatic rings. The first-order valence-electron chi connectivity index (χ1n) is 14.0. The molecular formula is C33H39NO6. The Morgan fingerprint density at radius 3 is 2.25 bits per heavy atom. The molecule has 0 radical (unpaired) electrons. The summed E-state index contributed by atoms with van der Waals surface area (Å²) in [6.07, 6.45) is 5.52. The van der Waals surface area contributed by atoms with E-state index in [-0.39, 0.29) is 58.0 Å². The van der Waals surface area contributed by atoms with E-state index in [1.807, 2.05) is 39.8 Å². The highest BCUT2D eigenvalue weighted by atomic mass is 16.3. The van der Waals surface area contributed by atoms with Gasteiger partial charge in [-0.25, -0.2) is 0 Å². The maximum atomic E-state index is 14.5. The molecular weight excluding hydrogens is 506 g/mol. The smallest absolute Gasteiger partial charge is 0.224 e. The number of Topliss-reactive ketones (excluding diaryl/α,β-unsaturated/α-hetero) is 4. The SMILES string of the molecule is CC1=C[C@@H](C)/C=C(\C)C(=O)[C@H](C)[C@H]2[C@@H](CC(C)C)C(=O)NC23CC(=O)c2c(cc(C)c(O)c2C(=O)C(C)=C1)C3=O. The van der Waals surface area contributed by atoms with Crippen molar-refractivity contribution in [3.8, 4) is 5.75 Å². The van der Waals surface area contributed by atoms with Crippen LogP contribution in [0.25, 0.3) is 0 Å². The Labute approximate surface area is 235 Å². The average Bonchev–Trinajstić information content (AvgIpc) is 3.12. The Hall–Kier alpha value is -3.61. The van der Waals surface area contributed by atoms with Gasteiger partial charge in [0.1, 0.15) is 11.3 Å². The van der Waals surface area contributed by atoms with Crippen molar-refractivity contribution in [1.82, 2.24) is 5.32 Å². The predicted molar refractivity (Wildman–Crippen MR) is 152 cm³/mol. The Morgan fingerprint density at radius 2 is 1.62 bits per heavy atom. The van der Waals surface area contributed by atoms with Crippen molar-refractivity contribution < 1.29 is 29.1 Å². The zero-order chi connectivity index (χ0) is 29.8. The Kier molecular flexibility index (Phi) is 7.65. The number of aromatic hydroxyl groups is 1. The molecule has 1 spiro atoms. The molecule has 7 heteroatoms. The molecule has 1 unspecified atom stereocenters. The average molecular weight is 546 g/mol. The van der Waals surface area contributed by atoms with E-state index in [1.54, 1.807) is 33.8 Å². The lowest BCUT2D eigenvalue weighted by molar-refractivity contribution is -0.124. The summed E-state index contributed by atoms with van der Waals surface area (Å²) in [5.74, 6) is -4.57. The number of carbonyl (C=O) groups excluding carboxylic acids is 5. The van der Waals surface area contributed by atoms with E-state index in [4.69, 9.17) is 0 Å². The van der Waals surface area contributed by atoms with Crippen LogP contribution in [0.5, 0.6) is 5.75 Å². The number of fused-ring (bicyclic) bond motifs is 7. The lowest BCUT2D eigenvalue weighted by atomic mass is 9.61. The summed E-state index contributed by atoms with van der Waals surface area (Å²) in [4.78, 5) is 69.5. The van der Waals surface area contributed by atoms with Gasteiger partial charge >= 0.3 is 0 Å². The fourth-order valence-electron chi connectivity index (χ4n) is 7.08. The number of ketones is 4. The minimum absolute atomic E-state index is 0.00177. The van der Waals surface area contributed by atoms with E-state index >= 15 is 0 Å². The van der Waals surface area contributed by atoms with E-state index in [0.29, 0.717) is 17.6 Å². The van der Waals surface area contributed by atoms with Crippen LogP contribution in [-0.2, 0) is 9.59 Å². The normalized spacial score (nSPS) is 30.6. The lowest BCUT2D eigenvalue weighted by Crippen LogP contribution is -2.59. The Bertz CT molecular complexity index is 1440. The Morgan fingerprint density at radius 1 is 0.975 bits per heavy atom. The molecule has 0 saturated carbocycles. The lowest BCUT2D eigenvalue weighted by Gasteiger charge is -2.41. The molecule has 1 amide bonds. The van der Waals surface area contributed by atoms with Gasteiger partial charge in [-0.1, -0.05) is 51.5 Å². The number of benzene rings is 1. The maximum Gasteiger partial charge on any atom is 0.224 e. The molecule has 40 heavy (non-hydrogen) atoms. The van der Waals surface area contributed by atoms with Crippen LogP contribution in [0.15, 0.2) is 41.0 Å². The summed E-state index contributed by atoms with van der Waals surface area (Å²) in [7, 11) is 0. The quantitative estimate of drug-likeness (QED) is 0.507. The summed E-state index contributed by atoms with van der Waals surface area (Å²) in [6, 6.07) is 1.42. The van der Waals surface area contributed by atoms with Gasteiger partial charge in [-0.2, -0.15) is 0 Å². The highest BCUT2D eigenvalue weighted by Gasteiger charge is 2.63. The summed E-state index contributed by atoms with van der Waals surface area (Å²) < 4.78 is 0. The number of nitrogens with one attached hydrogen (secondary N) is 1. The minimum atomic E-state index is -1.62. The van der Waals surface area contributed by atoms with Crippen molar-refractivity contribution >= 4 is 29.0 Å². The van der Waals surface area contributed by atoms with Crippen LogP contribution < -0.4 is 5.32 Å². The highest BCUT2D eigenvalue weighted by Crippen LogP contribution is 2.49. The zero-order valence-electron chi connectivity index (χ0n) is 24.6. The standard InChI is InChI=1S/C33H39NO6/c1-15(2)9-23-27-21(8)28(36)18(5)11-16(3)10-17(4)12-19(6)29(37)26-25-22(13-20(7)30(26)38)31(39)33(27,14-24(25)35)34-32(23)40/h10-13,15-16,21,23,27,38H,9,14H2,1-8H3,(H,34,40)/b17-10?,18-11+,19-12?/t16-,21-,23-,27+,33?/m1/s1. The summed E-state index contributed by atoms with van der Waals surface area (Å²) in [5.41, 5.74) is -0.0620. The van der Waals surface area contributed by atoms with Gasteiger partial charge in [0.25, 0.3) is 0 Å². The van der Waals surface area contributed by atoms with Gasteiger partial charge in [0.15, 0.2) is 23.1 Å². The molecule has 1 heterocycles. The number of allylic oxidation sites excluding steroid dienone is 6. The molecule has 4 aliphatic rings. The van der Waals surface area contributed by atoms with Crippen LogP contribution >= 0.6 is 0 Å². The van der Waals surface area contributed by atoms with Gasteiger partial charge < -0.3 is 10.4 Å². The van der Waals surface area contributed by atoms with Crippen LogP contribution in [0.1, 0.15) is 97.9 Å². The number of phenolic OH excluding ortho intramolecular Hbond substituents is 1. The van der Waals surface area contributed by atoms with Gasteiger partial charge in [-0.3, -0.25) is 24.0 Å². The van der Waals surface area contributed by atoms with Crippen LogP contribution in [0, 0.1) is 36.5 Å². The molecule has 5 rings (SSSR count). The van der Waals surface area contributed by atoms with Crippen LogP contribution in [-0.4, -0.2) is 39.7 Å². The largest absolute Gasteiger partial charge is 0.507 e. The van der Waals surface area contributed by atoms with Gasteiger partial charge in [-0.15, -0.1) is 0 Å². The van der Waals surface area contributed by atoms with Crippen molar-refractivity contribution in [3.63, 3.8) is 0 Å². The molecule has 2 N–H and O–H groups in total. The van der Waals surface area contributed by atoms with E-state index < -0.39 is 40.6 Å². The topological polar surface area (TPSA) is 118 Å². The van der Waals surface area contributed by atoms with Crippen LogP contribution in [0.2, 0.25) is 0 Å². The number of amides is 1. The van der Waals surface area contributed by atoms with E-state index in [2.05, 4.69) is 5.32 Å². The molecule has 1 saturated heterocycles. The van der Waals surface area contributed by atoms with Crippen molar-refractivity contribution in [2.45, 2.75) is 73.8 Å². The first kappa shape index (κ1) is 29.4. The van der Waals surface area contributed by atoms with Crippen molar-refractivity contribution in [2.24, 2.45) is 29.6 Å². The number of carbonyl (C=O) groups is 5. The van der Waals surface area contributed by atoms with E-state index in [0.717, 1.165) is 5.57 Å². The molecule has 0 aromatic heterocycles. The molecule has 4 bridgehead atoms. The second-order valence-electron chi connectivity index (χ2n) is 12.4. The van der Waals surface area contributed by atoms with Gasteiger partial charge in [0.05, 0.1) is 5.56 Å². The first-order chi connectivity index (χ1) is 18.6. The first-order valence-corrected chi connectivity index (χ1v) is 14.0. The number of hydrogen-bond acceptors (Lipinski definition) is 6. The summed E-state index contributed by atoms with van der Waals surface area (Å²) in [5, 5.41) is 13.9. The molecule has 3 aliphatic carbocycles. The monoisotopic (exact) mass is 545 g/mol. The number of hydrogen-bond donors (Lipinski definition) is 2. The fraction of sp³-hybridized carbons (Fsp3) is 0.485. The van der Waals surface area contributed by atoms with E-state index in [1.165, 1.54) is 6.07 Å². The van der Waals surface area contributed by atoms with Crippen LogP contribution in [0.4, 0.5) is 0 Å². The third-order valence-electron chi connectivity index (χ3n) is 8.68. The molecule has 7 nitrogen and oxygen atoms in total. The molecule has 1 aromatic carbocycles. The predicted octanol–water partition coefficient (Wildman–Crippen LogP) is 5.49.